The number of aromatic hydroxyl groups is 2. The molecule has 4 aromatic rings. The predicted molar refractivity (Wildman–Crippen MR) is 117 cm³/mol. The molecule has 0 bridgehead atoms. The Hall–Kier alpha value is -4.13. The maximum atomic E-state index is 13.0. The topological polar surface area (TPSA) is 91.5 Å². The molecule has 2 aromatic carbocycles. The first-order valence-corrected chi connectivity index (χ1v) is 9.77. The maximum absolute atomic E-state index is 13.0. The molecule has 0 radical (unpaired) electrons. The van der Waals surface area contributed by atoms with Crippen molar-refractivity contribution in [2.45, 2.75) is 13.5 Å². The number of phenols is 2. The summed E-state index contributed by atoms with van der Waals surface area (Å²) in [5.41, 5.74) is 3.69. The predicted octanol–water partition coefficient (Wildman–Crippen LogP) is 3.93. The summed E-state index contributed by atoms with van der Waals surface area (Å²) in [6, 6.07) is 17.7. The lowest BCUT2D eigenvalue weighted by Gasteiger charge is -2.19. The van der Waals surface area contributed by atoms with E-state index in [4.69, 9.17) is 0 Å². The second kappa shape index (κ2) is 8.31. The average molecular weight is 414 g/mol. The smallest absolute Gasteiger partial charge is 0.257 e. The fourth-order valence-corrected chi connectivity index (χ4v) is 3.47. The van der Waals surface area contributed by atoms with Gasteiger partial charge in [0.2, 0.25) is 0 Å². The molecule has 31 heavy (non-hydrogen) atoms. The van der Waals surface area contributed by atoms with Crippen LogP contribution in [0.2, 0.25) is 0 Å². The summed E-state index contributed by atoms with van der Waals surface area (Å²) in [4.78, 5) is 18.8. The molecule has 0 saturated heterocycles. The zero-order chi connectivity index (χ0) is 22.0. The van der Waals surface area contributed by atoms with Crippen LogP contribution in [0.15, 0.2) is 73.1 Å². The van der Waals surface area contributed by atoms with Gasteiger partial charge in [-0.2, -0.15) is 5.10 Å². The lowest BCUT2D eigenvalue weighted by Crippen LogP contribution is -2.26. The highest BCUT2D eigenvalue weighted by Crippen LogP contribution is 2.36. The lowest BCUT2D eigenvalue weighted by atomic mass is 10.0. The van der Waals surface area contributed by atoms with Gasteiger partial charge in [0.05, 0.1) is 35.4 Å². The Balaban J connectivity index is 1.72. The number of amides is 1. The zero-order valence-electron chi connectivity index (χ0n) is 17.2. The van der Waals surface area contributed by atoms with Crippen LogP contribution in [0.1, 0.15) is 21.6 Å². The summed E-state index contributed by atoms with van der Waals surface area (Å²) < 4.78 is 1.70. The van der Waals surface area contributed by atoms with Gasteiger partial charge in [0.1, 0.15) is 11.5 Å². The Morgan fingerprint density at radius 1 is 1.00 bits per heavy atom. The van der Waals surface area contributed by atoms with Gasteiger partial charge in [-0.25, -0.2) is 4.68 Å². The Morgan fingerprint density at radius 2 is 1.77 bits per heavy atom. The Bertz CT molecular complexity index is 1230. The van der Waals surface area contributed by atoms with Gasteiger partial charge in [-0.3, -0.25) is 9.78 Å². The number of hydrogen-bond donors (Lipinski definition) is 2. The van der Waals surface area contributed by atoms with Crippen molar-refractivity contribution >= 4 is 5.91 Å². The Labute approximate surface area is 179 Å². The van der Waals surface area contributed by atoms with Crippen molar-refractivity contribution in [3.05, 3.63) is 89.9 Å². The Kier molecular flexibility index (Phi) is 5.41. The second-order valence-corrected chi connectivity index (χ2v) is 7.28. The van der Waals surface area contributed by atoms with Crippen LogP contribution in [0, 0.1) is 6.92 Å². The van der Waals surface area contributed by atoms with Gasteiger partial charge in [0, 0.05) is 24.9 Å². The fourth-order valence-electron chi connectivity index (χ4n) is 3.47. The molecule has 0 aliphatic rings. The van der Waals surface area contributed by atoms with Gasteiger partial charge >= 0.3 is 0 Å². The molecule has 0 atom stereocenters. The number of nitrogens with zero attached hydrogens (tertiary/aromatic N) is 4. The van der Waals surface area contributed by atoms with E-state index in [2.05, 4.69) is 10.1 Å². The van der Waals surface area contributed by atoms with Crippen molar-refractivity contribution in [1.82, 2.24) is 19.7 Å². The van der Waals surface area contributed by atoms with Gasteiger partial charge in [-0.05, 0) is 42.8 Å². The SMILES string of the molecule is Cc1ccccc1-n1nccc1-c1cc(C(=O)N(C)Cc2ccccn2)c(O)cc1O. The third kappa shape index (κ3) is 3.98. The molecular formula is C24H22N4O3. The molecule has 2 heterocycles. The van der Waals surface area contributed by atoms with Crippen molar-refractivity contribution in [3.63, 3.8) is 0 Å². The maximum Gasteiger partial charge on any atom is 0.257 e. The van der Waals surface area contributed by atoms with E-state index in [1.165, 1.54) is 17.0 Å². The van der Waals surface area contributed by atoms with Crippen LogP contribution in [0.25, 0.3) is 16.9 Å². The number of aryl methyl sites for hydroxylation is 1. The molecule has 0 aliphatic carbocycles. The number of rotatable bonds is 5. The molecule has 7 heteroatoms. The number of carbonyl (C=O) groups is 1. The lowest BCUT2D eigenvalue weighted by molar-refractivity contribution is 0.0780. The highest BCUT2D eigenvalue weighted by molar-refractivity contribution is 5.98. The average Bonchev–Trinajstić information content (AvgIpc) is 3.23. The highest BCUT2D eigenvalue weighted by atomic mass is 16.3. The summed E-state index contributed by atoms with van der Waals surface area (Å²) in [5.74, 6) is -0.816. The molecule has 0 saturated carbocycles. The number of carbonyl (C=O) groups excluding carboxylic acids is 1. The van der Waals surface area contributed by atoms with Crippen molar-refractivity contribution in [3.8, 4) is 28.4 Å². The van der Waals surface area contributed by atoms with Crippen LogP contribution in [0.5, 0.6) is 11.5 Å². The quantitative estimate of drug-likeness (QED) is 0.516. The molecule has 0 spiro atoms. The molecule has 156 valence electrons. The van der Waals surface area contributed by atoms with Crippen LogP contribution in [0.4, 0.5) is 0 Å². The molecule has 7 nitrogen and oxygen atoms in total. The fraction of sp³-hybridized carbons (Fsp3) is 0.125. The van der Waals surface area contributed by atoms with Crippen molar-refractivity contribution < 1.29 is 15.0 Å². The minimum Gasteiger partial charge on any atom is -0.507 e. The van der Waals surface area contributed by atoms with Gasteiger partial charge < -0.3 is 15.1 Å². The van der Waals surface area contributed by atoms with Crippen molar-refractivity contribution in [2.75, 3.05) is 7.05 Å². The van der Waals surface area contributed by atoms with Crippen LogP contribution in [0.3, 0.4) is 0 Å². The van der Waals surface area contributed by atoms with Crippen LogP contribution < -0.4 is 0 Å². The highest BCUT2D eigenvalue weighted by Gasteiger charge is 2.21. The second-order valence-electron chi connectivity index (χ2n) is 7.28. The van der Waals surface area contributed by atoms with Crippen molar-refractivity contribution in [2.24, 2.45) is 0 Å². The molecule has 2 N–H and O–H groups in total. The van der Waals surface area contributed by atoms with Gasteiger partial charge in [-0.1, -0.05) is 24.3 Å². The van der Waals surface area contributed by atoms with E-state index in [1.807, 2.05) is 43.3 Å². The Morgan fingerprint density at radius 3 is 2.52 bits per heavy atom. The summed E-state index contributed by atoms with van der Waals surface area (Å²) in [7, 11) is 1.64. The molecule has 0 aliphatic heterocycles. The third-order valence-corrected chi connectivity index (χ3v) is 5.08. The van der Waals surface area contributed by atoms with E-state index >= 15 is 0 Å². The van der Waals surface area contributed by atoms with Crippen LogP contribution in [-0.2, 0) is 6.54 Å². The number of pyridine rings is 1. The van der Waals surface area contributed by atoms with Crippen molar-refractivity contribution in [1.29, 1.82) is 0 Å². The first-order chi connectivity index (χ1) is 15.0. The largest absolute Gasteiger partial charge is 0.507 e. The summed E-state index contributed by atoms with van der Waals surface area (Å²) in [6.07, 6.45) is 3.29. The normalized spacial score (nSPS) is 10.8. The minimum absolute atomic E-state index is 0.0868. The van der Waals surface area contributed by atoms with E-state index in [1.54, 1.807) is 36.3 Å². The number of aromatic nitrogens is 3. The standard InChI is InChI=1S/C24H22N4O3/c1-16-7-3-4-9-20(16)28-21(10-12-26-28)18-13-19(23(30)14-22(18)29)24(31)27(2)15-17-8-5-6-11-25-17/h3-14,29-30H,15H2,1-2H3. The minimum atomic E-state index is -0.383. The molecule has 0 unspecified atom stereocenters. The number of benzene rings is 2. The van der Waals surface area contributed by atoms with E-state index in [-0.39, 0.29) is 29.5 Å². The first kappa shape index (κ1) is 20.2. The van der Waals surface area contributed by atoms with E-state index in [9.17, 15) is 15.0 Å². The molecule has 1 amide bonds. The van der Waals surface area contributed by atoms with Crippen LogP contribution in [-0.4, -0.2) is 42.8 Å². The molecule has 2 aromatic heterocycles. The number of phenolic OH excluding ortho intramolecular Hbond substituents is 2. The summed E-state index contributed by atoms with van der Waals surface area (Å²) in [5, 5.41) is 25.3. The zero-order valence-corrected chi connectivity index (χ0v) is 17.2. The van der Waals surface area contributed by atoms with Gasteiger partial charge in [-0.15, -0.1) is 0 Å². The van der Waals surface area contributed by atoms with Crippen LogP contribution >= 0.6 is 0 Å². The molecular weight excluding hydrogens is 392 g/mol. The first-order valence-electron chi connectivity index (χ1n) is 9.77. The monoisotopic (exact) mass is 414 g/mol. The van der Waals surface area contributed by atoms with E-state index in [0.717, 1.165) is 16.9 Å². The third-order valence-electron chi connectivity index (χ3n) is 5.08. The number of para-hydroxylation sites is 1. The van der Waals surface area contributed by atoms with Gasteiger partial charge in [0.15, 0.2) is 0 Å². The molecule has 4 rings (SSSR count). The van der Waals surface area contributed by atoms with Gasteiger partial charge in [0.25, 0.3) is 5.91 Å². The summed E-state index contributed by atoms with van der Waals surface area (Å²) in [6.45, 7) is 2.26. The van der Waals surface area contributed by atoms with E-state index in [0.29, 0.717) is 11.3 Å². The molecule has 0 fully saturated rings. The number of hydrogen-bond acceptors (Lipinski definition) is 5. The summed E-state index contributed by atoms with van der Waals surface area (Å²) >= 11 is 0. The van der Waals surface area contributed by atoms with E-state index < -0.39 is 0 Å².